The van der Waals surface area contributed by atoms with Crippen molar-refractivity contribution < 1.29 is 4.79 Å². The highest BCUT2D eigenvalue weighted by Crippen LogP contribution is 2.13. The van der Waals surface area contributed by atoms with Crippen molar-refractivity contribution in [2.24, 2.45) is 5.73 Å². The molecule has 0 aromatic carbocycles. The maximum absolute atomic E-state index is 12.0. The van der Waals surface area contributed by atoms with Gasteiger partial charge in [0.05, 0.1) is 6.54 Å². The van der Waals surface area contributed by atoms with Gasteiger partial charge in [0.2, 0.25) is 5.91 Å². The van der Waals surface area contributed by atoms with Gasteiger partial charge in [-0.05, 0) is 13.8 Å². The van der Waals surface area contributed by atoms with E-state index in [4.69, 9.17) is 18.0 Å². The molecule has 1 amide bonds. The van der Waals surface area contributed by atoms with Crippen LogP contribution in [0, 0.1) is 0 Å². The first kappa shape index (κ1) is 15.3. The van der Waals surface area contributed by atoms with E-state index in [1.807, 2.05) is 13.8 Å². The number of carbonyl (C=O) groups is 1. The highest BCUT2D eigenvalue weighted by atomic mass is 32.1. The monoisotopic (exact) mass is 281 g/mol. The molecule has 6 nitrogen and oxygen atoms in total. The Bertz CT molecular complexity index is 461. The van der Waals surface area contributed by atoms with Crippen LogP contribution >= 0.6 is 12.2 Å². The minimum Gasteiger partial charge on any atom is -0.388 e. The van der Waals surface area contributed by atoms with Crippen LogP contribution in [0.25, 0.3) is 0 Å². The minimum atomic E-state index is 0.0343. The van der Waals surface area contributed by atoms with E-state index in [-0.39, 0.29) is 17.4 Å². The fourth-order valence-corrected chi connectivity index (χ4v) is 1.88. The Morgan fingerprint density at radius 3 is 2.42 bits per heavy atom. The second-order valence-electron chi connectivity index (χ2n) is 4.01. The first-order valence-corrected chi connectivity index (χ1v) is 6.51. The highest BCUT2D eigenvalue weighted by Gasteiger charge is 2.17. The van der Waals surface area contributed by atoms with Crippen molar-refractivity contribution in [2.75, 3.05) is 31.6 Å². The van der Waals surface area contributed by atoms with Crippen LogP contribution in [0.4, 0.5) is 5.82 Å². The van der Waals surface area contributed by atoms with Gasteiger partial charge in [-0.25, -0.2) is 9.97 Å². The quantitative estimate of drug-likeness (QED) is 0.762. The van der Waals surface area contributed by atoms with E-state index in [1.165, 1.54) is 6.20 Å². The van der Waals surface area contributed by atoms with Crippen LogP contribution in [0.3, 0.4) is 0 Å². The van der Waals surface area contributed by atoms with Crippen molar-refractivity contribution in [2.45, 2.75) is 13.8 Å². The molecule has 1 aromatic rings. The number of aromatic nitrogens is 2. The molecule has 2 N–H and O–H groups in total. The maximum atomic E-state index is 12.0. The number of carbonyl (C=O) groups excluding carboxylic acids is 1. The Morgan fingerprint density at radius 1 is 1.32 bits per heavy atom. The van der Waals surface area contributed by atoms with Gasteiger partial charge in [0, 0.05) is 32.5 Å². The predicted octanol–water partition coefficient (Wildman–Crippen LogP) is 0.415. The average molecular weight is 281 g/mol. The predicted molar refractivity (Wildman–Crippen MR) is 79.1 cm³/mol. The summed E-state index contributed by atoms with van der Waals surface area (Å²) in [4.78, 5) is 24.0. The summed E-state index contributed by atoms with van der Waals surface area (Å²) in [5, 5.41) is 0. The number of thiocarbonyl (C=S) groups is 1. The van der Waals surface area contributed by atoms with Crippen LogP contribution in [-0.2, 0) is 4.79 Å². The molecule has 19 heavy (non-hydrogen) atoms. The normalized spacial score (nSPS) is 10.1. The first-order valence-electron chi connectivity index (χ1n) is 6.10. The minimum absolute atomic E-state index is 0.0343. The zero-order chi connectivity index (χ0) is 14.4. The van der Waals surface area contributed by atoms with Gasteiger partial charge in [-0.2, -0.15) is 0 Å². The molecule has 1 rings (SSSR count). The molecule has 0 radical (unpaired) electrons. The Kier molecular flexibility index (Phi) is 5.62. The lowest BCUT2D eigenvalue weighted by atomic mass is 10.3. The Hall–Kier alpha value is -1.76. The van der Waals surface area contributed by atoms with Crippen molar-refractivity contribution in [3.05, 3.63) is 18.1 Å². The number of anilines is 1. The van der Waals surface area contributed by atoms with Crippen LogP contribution in [-0.4, -0.2) is 52.4 Å². The Labute approximate surface area is 118 Å². The van der Waals surface area contributed by atoms with E-state index in [2.05, 4.69) is 9.97 Å². The molecule has 7 heteroatoms. The molecular formula is C12H19N5OS. The number of hydrogen-bond acceptors (Lipinski definition) is 5. The van der Waals surface area contributed by atoms with Crippen molar-refractivity contribution in [3.8, 4) is 0 Å². The van der Waals surface area contributed by atoms with E-state index in [1.54, 1.807) is 23.0 Å². The number of rotatable bonds is 6. The molecule has 0 saturated carbocycles. The second kappa shape index (κ2) is 6.98. The topological polar surface area (TPSA) is 75.4 Å². The lowest BCUT2D eigenvalue weighted by molar-refractivity contribution is -0.129. The van der Waals surface area contributed by atoms with Crippen LogP contribution in [0.2, 0.25) is 0 Å². The molecule has 0 unspecified atom stereocenters. The number of amides is 1. The summed E-state index contributed by atoms with van der Waals surface area (Å²) < 4.78 is 0. The average Bonchev–Trinajstić information content (AvgIpc) is 2.40. The summed E-state index contributed by atoms with van der Waals surface area (Å²) in [6.45, 7) is 5.49. The number of nitrogens with two attached hydrogens (primary N) is 1. The number of likely N-dealkylation sites (N-methyl/N-ethyl adjacent to an activating group) is 2. The standard InChI is InChI=1S/C12H19N5OS/c1-4-17(5-2)9(18)8-16(3)12-10(11(13)19)14-6-7-15-12/h6-7H,4-5,8H2,1-3H3,(H2,13,19). The molecule has 104 valence electrons. The van der Waals surface area contributed by atoms with Crippen LogP contribution in [0.1, 0.15) is 19.5 Å². The number of hydrogen-bond donors (Lipinski definition) is 1. The molecule has 0 fully saturated rings. The summed E-state index contributed by atoms with van der Waals surface area (Å²) in [5.74, 6) is 0.558. The van der Waals surface area contributed by atoms with Gasteiger partial charge in [-0.15, -0.1) is 0 Å². The summed E-state index contributed by atoms with van der Waals surface area (Å²) >= 11 is 4.93. The van der Waals surface area contributed by atoms with Gasteiger partial charge in [-0.3, -0.25) is 4.79 Å². The van der Waals surface area contributed by atoms with Crippen molar-refractivity contribution in [1.82, 2.24) is 14.9 Å². The van der Waals surface area contributed by atoms with E-state index in [0.717, 1.165) is 0 Å². The zero-order valence-electron chi connectivity index (χ0n) is 11.5. The fraction of sp³-hybridized carbons (Fsp3) is 0.500. The SMILES string of the molecule is CCN(CC)C(=O)CN(C)c1nccnc1C(N)=S. The molecule has 0 saturated heterocycles. The van der Waals surface area contributed by atoms with Gasteiger partial charge < -0.3 is 15.5 Å². The van der Waals surface area contributed by atoms with Crippen LogP contribution < -0.4 is 10.6 Å². The summed E-state index contributed by atoms with van der Waals surface area (Å²) in [6.07, 6.45) is 3.08. The van der Waals surface area contributed by atoms with Crippen LogP contribution in [0.5, 0.6) is 0 Å². The van der Waals surface area contributed by atoms with Gasteiger partial charge >= 0.3 is 0 Å². The van der Waals surface area contributed by atoms with E-state index >= 15 is 0 Å². The molecular weight excluding hydrogens is 262 g/mol. The third-order valence-corrected chi connectivity index (χ3v) is 2.96. The largest absolute Gasteiger partial charge is 0.388 e. The third-order valence-electron chi connectivity index (χ3n) is 2.76. The van der Waals surface area contributed by atoms with Crippen LogP contribution in [0.15, 0.2) is 12.4 Å². The molecule has 0 aliphatic heterocycles. The fourth-order valence-electron chi connectivity index (χ4n) is 1.74. The summed E-state index contributed by atoms with van der Waals surface area (Å²) in [5.41, 5.74) is 6.04. The summed E-state index contributed by atoms with van der Waals surface area (Å²) in [6, 6.07) is 0. The molecule has 1 aromatic heterocycles. The van der Waals surface area contributed by atoms with Crippen molar-refractivity contribution >= 4 is 28.9 Å². The Balaban J connectivity index is 2.87. The number of nitrogens with zero attached hydrogens (tertiary/aromatic N) is 4. The highest BCUT2D eigenvalue weighted by molar-refractivity contribution is 7.80. The van der Waals surface area contributed by atoms with Gasteiger partial charge in [-0.1, -0.05) is 12.2 Å². The summed E-state index contributed by atoms with van der Waals surface area (Å²) in [7, 11) is 1.77. The second-order valence-corrected chi connectivity index (χ2v) is 4.45. The van der Waals surface area contributed by atoms with E-state index < -0.39 is 0 Å². The van der Waals surface area contributed by atoms with Gasteiger partial charge in [0.1, 0.15) is 10.7 Å². The maximum Gasteiger partial charge on any atom is 0.242 e. The molecule has 0 aliphatic rings. The van der Waals surface area contributed by atoms with Gasteiger partial charge in [0.15, 0.2) is 5.82 Å². The molecule has 0 aliphatic carbocycles. The Morgan fingerprint density at radius 2 is 1.89 bits per heavy atom. The zero-order valence-corrected chi connectivity index (χ0v) is 12.3. The van der Waals surface area contributed by atoms with Crippen molar-refractivity contribution in [3.63, 3.8) is 0 Å². The van der Waals surface area contributed by atoms with Gasteiger partial charge in [0.25, 0.3) is 0 Å². The smallest absolute Gasteiger partial charge is 0.242 e. The lowest BCUT2D eigenvalue weighted by Gasteiger charge is -2.24. The first-order chi connectivity index (χ1) is 9.01. The molecule has 0 atom stereocenters. The van der Waals surface area contributed by atoms with Crippen molar-refractivity contribution in [1.29, 1.82) is 0 Å². The molecule has 0 bridgehead atoms. The lowest BCUT2D eigenvalue weighted by Crippen LogP contribution is -2.39. The molecule has 0 spiro atoms. The van der Waals surface area contributed by atoms with E-state index in [0.29, 0.717) is 24.6 Å². The third kappa shape index (κ3) is 3.85. The molecule has 1 heterocycles. The van der Waals surface area contributed by atoms with E-state index in [9.17, 15) is 4.79 Å².